The lowest BCUT2D eigenvalue weighted by Crippen LogP contribution is -2.47. The number of nitrogens with one attached hydrogen (secondary N) is 2. The van der Waals surface area contributed by atoms with Gasteiger partial charge in [-0.15, -0.1) is 35.3 Å². The predicted octanol–water partition coefficient (Wildman–Crippen LogP) is 3.03. The maximum absolute atomic E-state index is 11.9. The second-order valence-corrected chi connectivity index (χ2v) is 8.09. The topological polar surface area (TPSA) is 69.6 Å². The van der Waals surface area contributed by atoms with Crippen molar-refractivity contribution < 1.29 is 4.79 Å². The van der Waals surface area contributed by atoms with E-state index in [4.69, 9.17) is 0 Å². The first-order valence-corrected chi connectivity index (χ1v) is 9.99. The molecule has 1 aliphatic rings. The van der Waals surface area contributed by atoms with E-state index in [9.17, 15) is 4.79 Å². The van der Waals surface area contributed by atoms with Gasteiger partial charge in [0.25, 0.3) is 0 Å². The average molecular weight is 493 g/mol. The molecule has 1 aromatic rings. The zero-order valence-corrected chi connectivity index (χ0v) is 19.4. The molecule has 26 heavy (non-hydrogen) atoms. The molecular weight excluding hydrogens is 461 g/mol. The van der Waals surface area contributed by atoms with Crippen molar-refractivity contribution in [2.45, 2.75) is 58.5 Å². The summed E-state index contributed by atoms with van der Waals surface area (Å²) >= 11 is 1.72. The van der Waals surface area contributed by atoms with E-state index in [0.717, 1.165) is 17.8 Å². The Morgan fingerprint density at radius 3 is 2.73 bits per heavy atom. The Balaban J connectivity index is 0.00000338. The molecule has 1 aliphatic carbocycles. The molecule has 2 atom stereocenters. The summed E-state index contributed by atoms with van der Waals surface area (Å²) in [5.74, 6) is 1.33. The molecule has 0 spiro atoms. The summed E-state index contributed by atoms with van der Waals surface area (Å²) in [6.45, 7) is 5.21. The number of hydrogen-bond acceptors (Lipinski definition) is 4. The number of halogens is 1. The highest BCUT2D eigenvalue weighted by Gasteiger charge is 2.22. The van der Waals surface area contributed by atoms with Gasteiger partial charge in [0.05, 0.1) is 6.54 Å². The summed E-state index contributed by atoms with van der Waals surface area (Å²) in [4.78, 5) is 23.7. The lowest BCUT2D eigenvalue weighted by atomic mass is 9.86. The minimum Gasteiger partial charge on any atom is -0.353 e. The molecule has 1 fully saturated rings. The molecule has 1 heterocycles. The molecule has 2 unspecified atom stereocenters. The predicted molar refractivity (Wildman–Crippen MR) is 119 cm³/mol. The van der Waals surface area contributed by atoms with Crippen molar-refractivity contribution in [2.75, 3.05) is 20.6 Å². The second-order valence-electron chi connectivity index (χ2n) is 6.89. The van der Waals surface area contributed by atoms with Crippen LogP contribution in [0.2, 0.25) is 0 Å². The number of carbonyl (C=O) groups is 1. The lowest BCUT2D eigenvalue weighted by Gasteiger charge is -2.30. The van der Waals surface area contributed by atoms with Crippen molar-refractivity contribution >= 4 is 47.2 Å². The van der Waals surface area contributed by atoms with Crippen molar-refractivity contribution in [3.05, 3.63) is 16.1 Å². The summed E-state index contributed by atoms with van der Waals surface area (Å²) in [5.41, 5.74) is 0. The van der Waals surface area contributed by atoms with Crippen LogP contribution in [0, 0.1) is 5.92 Å². The molecule has 6 nitrogen and oxygen atoms in total. The third-order valence-corrected chi connectivity index (χ3v) is 5.80. The number of aromatic nitrogens is 1. The van der Waals surface area contributed by atoms with Crippen LogP contribution in [0.3, 0.4) is 0 Å². The van der Waals surface area contributed by atoms with Crippen LogP contribution in [0.25, 0.3) is 0 Å². The van der Waals surface area contributed by atoms with E-state index in [1.54, 1.807) is 30.3 Å². The number of aryl methyl sites for hydroxylation is 1. The van der Waals surface area contributed by atoms with Crippen LogP contribution >= 0.6 is 35.3 Å². The zero-order valence-electron chi connectivity index (χ0n) is 16.2. The van der Waals surface area contributed by atoms with Crippen LogP contribution < -0.4 is 10.6 Å². The van der Waals surface area contributed by atoms with E-state index in [1.807, 2.05) is 6.20 Å². The van der Waals surface area contributed by atoms with Gasteiger partial charge < -0.3 is 15.5 Å². The summed E-state index contributed by atoms with van der Waals surface area (Å²) in [7, 11) is 3.51. The van der Waals surface area contributed by atoms with E-state index in [2.05, 4.69) is 34.5 Å². The number of guanidine groups is 1. The lowest BCUT2D eigenvalue weighted by molar-refractivity contribution is -0.127. The molecule has 0 aliphatic heterocycles. The van der Waals surface area contributed by atoms with Crippen molar-refractivity contribution in [1.82, 2.24) is 20.5 Å². The largest absolute Gasteiger partial charge is 0.353 e. The number of thiazole rings is 1. The molecular formula is C18H32IN5OS. The average Bonchev–Trinajstić information content (AvgIpc) is 3.06. The van der Waals surface area contributed by atoms with Gasteiger partial charge >= 0.3 is 0 Å². The Bertz CT molecular complexity index is 590. The third kappa shape index (κ3) is 7.38. The van der Waals surface area contributed by atoms with E-state index in [1.165, 1.54) is 24.1 Å². The Morgan fingerprint density at radius 2 is 2.12 bits per heavy atom. The molecule has 148 valence electrons. The minimum absolute atomic E-state index is 0. The molecule has 0 saturated heterocycles. The number of carbonyl (C=O) groups excluding carboxylic acids is 1. The maximum atomic E-state index is 11.9. The summed E-state index contributed by atoms with van der Waals surface area (Å²) in [5, 5.41) is 7.93. The van der Waals surface area contributed by atoms with Gasteiger partial charge in [-0.2, -0.15) is 0 Å². The molecule has 1 aromatic heterocycles. The van der Waals surface area contributed by atoms with E-state index >= 15 is 0 Å². The van der Waals surface area contributed by atoms with Gasteiger partial charge in [0.15, 0.2) is 5.96 Å². The van der Waals surface area contributed by atoms with Crippen LogP contribution in [-0.2, 0) is 17.8 Å². The maximum Gasteiger partial charge on any atom is 0.243 e. The normalized spacial score (nSPS) is 20.2. The van der Waals surface area contributed by atoms with Gasteiger partial charge in [-0.25, -0.2) is 9.98 Å². The van der Waals surface area contributed by atoms with Crippen molar-refractivity contribution in [1.29, 1.82) is 0 Å². The summed E-state index contributed by atoms with van der Waals surface area (Å²) in [6, 6.07) is 0.414. The number of likely N-dealkylation sites (N-methyl/N-ethyl adjacent to an activating group) is 1. The van der Waals surface area contributed by atoms with Crippen LogP contribution in [0.4, 0.5) is 0 Å². The van der Waals surface area contributed by atoms with E-state index in [0.29, 0.717) is 24.5 Å². The molecule has 0 radical (unpaired) electrons. The number of hydrogen-bond donors (Lipinski definition) is 2. The van der Waals surface area contributed by atoms with Crippen molar-refractivity contribution in [3.63, 3.8) is 0 Å². The Morgan fingerprint density at radius 1 is 1.38 bits per heavy atom. The van der Waals surface area contributed by atoms with Crippen LogP contribution in [0.5, 0.6) is 0 Å². The van der Waals surface area contributed by atoms with Gasteiger partial charge in [0.2, 0.25) is 5.91 Å². The number of amides is 1. The Hall–Kier alpha value is -0.900. The minimum atomic E-state index is 0. The highest BCUT2D eigenvalue weighted by molar-refractivity contribution is 14.0. The Labute approximate surface area is 178 Å². The van der Waals surface area contributed by atoms with Gasteiger partial charge in [-0.1, -0.05) is 26.7 Å². The molecule has 0 aromatic carbocycles. The van der Waals surface area contributed by atoms with Gasteiger partial charge in [-0.3, -0.25) is 4.79 Å². The second kappa shape index (κ2) is 11.7. The summed E-state index contributed by atoms with van der Waals surface area (Å²) in [6.07, 6.45) is 7.89. The van der Waals surface area contributed by atoms with Crippen LogP contribution in [0.15, 0.2) is 11.2 Å². The smallest absolute Gasteiger partial charge is 0.243 e. The number of nitrogens with zero attached hydrogens (tertiary/aromatic N) is 3. The first kappa shape index (κ1) is 23.1. The fraction of sp³-hybridized carbons (Fsp3) is 0.722. The summed E-state index contributed by atoms with van der Waals surface area (Å²) < 4.78 is 0. The highest BCUT2D eigenvalue weighted by Crippen LogP contribution is 2.23. The number of aliphatic imine (C=N–C) groups is 1. The van der Waals surface area contributed by atoms with Crippen LogP contribution in [-0.4, -0.2) is 48.4 Å². The standard InChI is InChI=1S/C18H31N5OS.HI/c1-5-14-10-19-16(25-14)11-20-18(21-12-17(24)23(3)4)22-15-9-7-6-8-13(15)2;/h10,13,15H,5-9,11-12H2,1-4H3,(H2,20,21,22);1H. The van der Waals surface area contributed by atoms with E-state index in [-0.39, 0.29) is 36.4 Å². The quantitative estimate of drug-likeness (QED) is 0.363. The van der Waals surface area contributed by atoms with Gasteiger partial charge in [0, 0.05) is 31.2 Å². The highest BCUT2D eigenvalue weighted by atomic mass is 127. The fourth-order valence-corrected chi connectivity index (χ4v) is 3.70. The monoisotopic (exact) mass is 493 g/mol. The zero-order chi connectivity index (χ0) is 18.2. The number of rotatable bonds is 6. The van der Waals surface area contributed by atoms with Crippen molar-refractivity contribution in [2.24, 2.45) is 10.9 Å². The van der Waals surface area contributed by atoms with Crippen molar-refractivity contribution in [3.8, 4) is 0 Å². The SMILES string of the molecule is CCc1cnc(CNC(=NCC(=O)N(C)C)NC2CCCCC2C)s1.I. The first-order chi connectivity index (χ1) is 12.0. The fourth-order valence-electron chi connectivity index (χ4n) is 2.90. The van der Waals surface area contributed by atoms with Gasteiger partial charge in [0.1, 0.15) is 11.6 Å². The molecule has 0 bridgehead atoms. The Kier molecular flexibility index (Phi) is 10.4. The van der Waals surface area contributed by atoms with E-state index < -0.39 is 0 Å². The van der Waals surface area contributed by atoms with Gasteiger partial charge in [-0.05, 0) is 25.2 Å². The third-order valence-electron chi connectivity index (χ3n) is 4.66. The molecule has 1 saturated carbocycles. The molecule has 2 N–H and O–H groups in total. The molecule has 2 rings (SSSR count). The molecule has 8 heteroatoms. The first-order valence-electron chi connectivity index (χ1n) is 9.18. The molecule has 1 amide bonds. The van der Waals surface area contributed by atoms with Crippen LogP contribution in [0.1, 0.15) is 49.4 Å².